The van der Waals surface area contributed by atoms with Gasteiger partial charge >= 0.3 is 6.09 Å². The largest absolute Gasteiger partial charge is 0.447 e. The van der Waals surface area contributed by atoms with Crippen molar-refractivity contribution in [2.45, 2.75) is 38.1 Å². The highest BCUT2D eigenvalue weighted by molar-refractivity contribution is 5.94. The number of unbranched alkanes of at least 4 members (excludes halogenated alkanes) is 2. The number of aliphatic hydroxyl groups excluding tert-OH is 1. The molecule has 1 aromatic rings. The van der Waals surface area contributed by atoms with Crippen molar-refractivity contribution in [3.8, 4) is 0 Å². The number of aliphatic hydroxyl groups is 1. The molecule has 0 unspecified atom stereocenters. The zero-order chi connectivity index (χ0) is 17.4. The van der Waals surface area contributed by atoms with Crippen molar-refractivity contribution in [2.75, 3.05) is 13.2 Å². The molecule has 0 spiro atoms. The van der Waals surface area contributed by atoms with Gasteiger partial charge in [-0.15, -0.1) is 6.58 Å². The highest BCUT2D eigenvalue weighted by Crippen LogP contribution is 2.22. The van der Waals surface area contributed by atoms with Crippen molar-refractivity contribution in [1.29, 1.82) is 0 Å². The number of carbonyl (C=O) groups excluding carboxylic acids is 2. The van der Waals surface area contributed by atoms with Gasteiger partial charge in [0.05, 0.1) is 18.6 Å². The minimum absolute atomic E-state index is 0.202. The number of amides is 2. The van der Waals surface area contributed by atoms with Gasteiger partial charge in [-0.05, 0) is 31.2 Å². The van der Waals surface area contributed by atoms with E-state index in [9.17, 15) is 14.7 Å². The van der Waals surface area contributed by atoms with Crippen molar-refractivity contribution < 1.29 is 19.4 Å². The summed E-state index contributed by atoms with van der Waals surface area (Å²) in [5.41, 5.74) is 1.05. The molecule has 1 aromatic carbocycles. The van der Waals surface area contributed by atoms with Crippen LogP contribution in [0.25, 0.3) is 0 Å². The molecule has 1 N–H and O–H groups in total. The molecule has 5 heteroatoms. The summed E-state index contributed by atoms with van der Waals surface area (Å²) < 4.78 is 5.08. The second-order valence-corrected chi connectivity index (χ2v) is 6.08. The summed E-state index contributed by atoms with van der Waals surface area (Å²) in [6, 6.07) is 9.39. The minimum atomic E-state index is -0.606. The van der Waals surface area contributed by atoms with Gasteiger partial charge < -0.3 is 9.84 Å². The molecular formula is C19H25NO4. The van der Waals surface area contributed by atoms with Crippen LogP contribution in [0.1, 0.15) is 31.2 Å². The van der Waals surface area contributed by atoms with Crippen molar-refractivity contribution in [1.82, 2.24) is 4.90 Å². The van der Waals surface area contributed by atoms with E-state index in [1.807, 2.05) is 36.4 Å². The average Bonchev–Trinajstić information content (AvgIpc) is 2.96. The fraction of sp³-hybridized carbons (Fsp3) is 0.474. The Morgan fingerprint density at radius 1 is 1.38 bits per heavy atom. The van der Waals surface area contributed by atoms with Crippen molar-refractivity contribution in [3.63, 3.8) is 0 Å². The Hall–Kier alpha value is -2.14. The third-order valence-electron chi connectivity index (χ3n) is 4.29. The molecule has 0 saturated carbocycles. The van der Waals surface area contributed by atoms with Crippen molar-refractivity contribution in [2.24, 2.45) is 5.92 Å². The molecule has 1 aliphatic rings. The maximum absolute atomic E-state index is 12.7. The van der Waals surface area contributed by atoms with Gasteiger partial charge in [-0.3, -0.25) is 4.79 Å². The number of carbonyl (C=O) groups is 2. The van der Waals surface area contributed by atoms with E-state index in [1.165, 1.54) is 4.90 Å². The predicted octanol–water partition coefficient (Wildman–Crippen LogP) is 2.93. The van der Waals surface area contributed by atoms with E-state index in [2.05, 4.69) is 6.58 Å². The lowest BCUT2D eigenvalue weighted by atomic mass is 9.98. The molecule has 5 nitrogen and oxygen atoms in total. The lowest BCUT2D eigenvalue weighted by Crippen LogP contribution is -2.44. The number of hydrogen-bond acceptors (Lipinski definition) is 4. The molecule has 0 aliphatic carbocycles. The maximum atomic E-state index is 12.7. The average molecular weight is 331 g/mol. The molecule has 2 rings (SSSR count). The normalized spacial score (nSPS) is 18.3. The van der Waals surface area contributed by atoms with Gasteiger partial charge in [0.1, 0.15) is 6.61 Å². The number of cyclic esters (lactones) is 1. The number of rotatable bonds is 9. The first-order valence-electron chi connectivity index (χ1n) is 8.43. The summed E-state index contributed by atoms with van der Waals surface area (Å²) in [6.07, 6.45) is 4.97. The highest BCUT2D eigenvalue weighted by atomic mass is 16.6. The number of nitrogens with zero attached hydrogens (tertiary/aromatic N) is 1. The fourth-order valence-corrected chi connectivity index (χ4v) is 2.94. The predicted molar refractivity (Wildman–Crippen MR) is 91.4 cm³/mol. The van der Waals surface area contributed by atoms with Gasteiger partial charge in [0, 0.05) is 0 Å². The van der Waals surface area contributed by atoms with E-state index in [4.69, 9.17) is 4.74 Å². The van der Waals surface area contributed by atoms with Crippen LogP contribution in [0.5, 0.6) is 0 Å². The number of ether oxygens (including phenoxy) is 1. The summed E-state index contributed by atoms with van der Waals surface area (Å²) in [6.45, 7) is 3.62. The van der Waals surface area contributed by atoms with Crippen LogP contribution in [0.15, 0.2) is 43.0 Å². The summed E-state index contributed by atoms with van der Waals surface area (Å²) >= 11 is 0. The summed E-state index contributed by atoms with van der Waals surface area (Å²) in [4.78, 5) is 25.9. The van der Waals surface area contributed by atoms with Crippen molar-refractivity contribution >= 4 is 12.0 Å². The van der Waals surface area contributed by atoms with E-state index < -0.39 is 12.0 Å². The van der Waals surface area contributed by atoms with E-state index in [1.54, 1.807) is 0 Å². The number of benzene rings is 1. The summed E-state index contributed by atoms with van der Waals surface area (Å²) in [7, 11) is 0. The Labute approximate surface area is 142 Å². The van der Waals surface area contributed by atoms with Crippen LogP contribution in [-0.4, -0.2) is 41.3 Å². The van der Waals surface area contributed by atoms with E-state index in [0.717, 1.165) is 24.8 Å². The van der Waals surface area contributed by atoms with Crippen LogP contribution in [0.4, 0.5) is 4.79 Å². The van der Waals surface area contributed by atoms with Gasteiger partial charge in [0.2, 0.25) is 5.91 Å². The van der Waals surface area contributed by atoms with Gasteiger partial charge in [0.25, 0.3) is 0 Å². The molecule has 2 atom stereocenters. The number of hydrogen-bond donors (Lipinski definition) is 1. The smallest absolute Gasteiger partial charge is 0.416 e. The molecule has 1 aliphatic heterocycles. The molecule has 2 amide bonds. The first-order chi connectivity index (χ1) is 11.7. The van der Waals surface area contributed by atoms with E-state index in [-0.39, 0.29) is 25.2 Å². The van der Waals surface area contributed by atoms with Crippen LogP contribution >= 0.6 is 0 Å². The third kappa shape index (κ3) is 4.68. The summed E-state index contributed by atoms with van der Waals surface area (Å²) in [5.74, 6) is -0.890. The Bertz CT molecular complexity index is 558. The molecule has 130 valence electrons. The van der Waals surface area contributed by atoms with Crippen molar-refractivity contribution in [3.05, 3.63) is 48.6 Å². The third-order valence-corrected chi connectivity index (χ3v) is 4.29. The molecule has 1 fully saturated rings. The molecule has 1 saturated heterocycles. The van der Waals surface area contributed by atoms with Gasteiger partial charge in [0.15, 0.2) is 0 Å². The SMILES string of the molecule is C=CCCCC[C@H](CO)C(=O)N1C(=O)OC[C@@H]1Cc1ccccc1. The topological polar surface area (TPSA) is 66.8 Å². The monoisotopic (exact) mass is 331 g/mol. The van der Waals surface area contributed by atoms with E-state index in [0.29, 0.717) is 12.8 Å². The van der Waals surface area contributed by atoms with Crippen LogP contribution in [0, 0.1) is 5.92 Å². The lowest BCUT2D eigenvalue weighted by Gasteiger charge is -2.24. The zero-order valence-corrected chi connectivity index (χ0v) is 13.9. The first kappa shape index (κ1) is 18.2. The van der Waals surface area contributed by atoms with E-state index >= 15 is 0 Å². The Kier molecular flexibility index (Phi) is 7.00. The number of imide groups is 1. The van der Waals surface area contributed by atoms with Gasteiger partial charge in [-0.25, -0.2) is 9.69 Å². The maximum Gasteiger partial charge on any atom is 0.416 e. The van der Waals surface area contributed by atoms with Gasteiger partial charge in [-0.2, -0.15) is 0 Å². The zero-order valence-electron chi connectivity index (χ0n) is 13.9. The molecule has 24 heavy (non-hydrogen) atoms. The Balaban J connectivity index is 2.00. The Morgan fingerprint density at radius 3 is 2.79 bits per heavy atom. The summed E-state index contributed by atoms with van der Waals surface area (Å²) in [5, 5.41) is 9.56. The quantitative estimate of drug-likeness (QED) is 0.558. The van der Waals surface area contributed by atoms with Crippen LogP contribution in [0.2, 0.25) is 0 Å². The highest BCUT2D eigenvalue weighted by Gasteiger charge is 2.40. The molecule has 0 bridgehead atoms. The molecular weight excluding hydrogens is 306 g/mol. The fourth-order valence-electron chi connectivity index (χ4n) is 2.94. The number of allylic oxidation sites excluding steroid dienone is 1. The van der Waals surface area contributed by atoms with Crippen LogP contribution < -0.4 is 0 Å². The van der Waals surface area contributed by atoms with Crippen LogP contribution in [0.3, 0.4) is 0 Å². The second kappa shape index (κ2) is 9.23. The minimum Gasteiger partial charge on any atom is -0.447 e. The first-order valence-corrected chi connectivity index (χ1v) is 8.43. The standard InChI is InChI=1S/C19H25NO4/c1-2-3-4-8-11-16(13-21)18(22)20-17(14-24-19(20)23)12-15-9-6-5-7-10-15/h2,5-7,9-10,16-17,21H,1,3-4,8,11-14H2/t16-,17+/m1/s1. The lowest BCUT2D eigenvalue weighted by molar-refractivity contribution is -0.135. The molecule has 0 radical (unpaired) electrons. The second-order valence-electron chi connectivity index (χ2n) is 6.08. The van der Waals surface area contributed by atoms with Gasteiger partial charge in [-0.1, -0.05) is 42.8 Å². The molecule has 0 aromatic heterocycles. The van der Waals surface area contributed by atoms with Crippen LogP contribution in [-0.2, 0) is 16.0 Å². The Morgan fingerprint density at radius 2 is 2.12 bits per heavy atom. The molecule has 1 heterocycles.